The summed E-state index contributed by atoms with van der Waals surface area (Å²) in [6.45, 7) is 11.8. The number of benzene rings is 1. The van der Waals surface area contributed by atoms with Gasteiger partial charge in [0.2, 0.25) is 0 Å². The van der Waals surface area contributed by atoms with Crippen LogP contribution in [0.25, 0.3) is 0 Å². The van der Waals surface area contributed by atoms with Crippen molar-refractivity contribution in [3.63, 3.8) is 0 Å². The van der Waals surface area contributed by atoms with Crippen molar-refractivity contribution < 1.29 is 19.1 Å². The zero-order valence-electron chi connectivity index (χ0n) is 14.6. The van der Waals surface area contributed by atoms with Gasteiger partial charge in [-0.1, -0.05) is 37.4 Å². The van der Waals surface area contributed by atoms with Crippen LogP contribution in [0.5, 0.6) is 0 Å². The first-order chi connectivity index (χ1) is 11.5. The molecular formula is C20H26O4. The first-order valence-corrected chi connectivity index (χ1v) is 8.25. The molecule has 0 saturated heterocycles. The largest absolute Gasteiger partial charge is 0.463 e. The quantitative estimate of drug-likeness (QED) is 0.484. The van der Waals surface area contributed by atoms with E-state index in [0.717, 1.165) is 24.0 Å². The number of carbonyl (C=O) groups is 2. The third-order valence-electron chi connectivity index (χ3n) is 3.58. The fraction of sp³-hybridized carbons (Fsp3) is 0.400. The maximum Gasteiger partial charge on any atom is 0.333 e. The van der Waals surface area contributed by atoms with E-state index in [1.165, 1.54) is 0 Å². The Balaban J connectivity index is 2.43. The summed E-state index contributed by atoms with van der Waals surface area (Å²) in [4.78, 5) is 23.0. The van der Waals surface area contributed by atoms with Crippen molar-refractivity contribution in [1.29, 1.82) is 0 Å². The Morgan fingerprint density at radius 1 is 0.792 bits per heavy atom. The van der Waals surface area contributed by atoms with Crippen LogP contribution >= 0.6 is 0 Å². The standard InChI is InChI=1S/C20H26O4/c1-5-23-19(21)15(3)7-9-17-11-13-18(14-12-17)10-8-16(4)20(22)24-6-2/h11-14H,3-10H2,1-2H3. The predicted molar refractivity (Wildman–Crippen MR) is 94.6 cm³/mol. The second kappa shape index (κ2) is 10.4. The van der Waals surface area contributed by atoms with E-state index >= 15 is 0 Å². The second-order valence-corrected chi connectivity index (χ2v) is 5.46. The molecule has 0 amide bonds. The van der Waals surface area contributed by atoms with Crippen LogP contribution in [0.15, 0.2) is 48.6 Å². The Morgan fingerprint density at radius 3 is 1.42 bits per heavy atom. The zero-order valence-corrected chi connectivity index (χ0v) is 14.6. The molecule has 24 heavy (non-hydrogen) atoms. The van der Waals surface area contributed by atoms with Crippen molar-refractivity contribution in [3.8, 4) is 0 Å². The van der Waals surface area contributed by atoms with Gasteiger partial charge in [-0.05, 0) is 50.7 Å². The summed E-state index contributed by atoms with van der Waals surface area (Å²) < 4.78 is 9.84. The zero-order chi connectivity index (χ0) is 17.9. The monoisotopic (exact) mass is 330 g/mol. The van der Waals surface area contributed by atoms with E-state index in [2.05, 4.69) is 13.2 Å². The predicted octanol–water partition coefficient (Wildman–Crippen LogP) is 3.79. The molecule has 0 bridgehead atoms. The molecule has 0 saturated carbocycles. The summed E-state index contributed by atoms with van der Waals surface area (Å²) in [5.74, 6) is -0.654. The molecule has 0 fully saturated rings. The highest BCUT2D eigenvalue weighted by Gasteiger charge is 2.09. The molecule has 0 aliphatic heterocycles. The first-order valence-electron chi connectivity index (χ1n) is 8.25. The fourth-order valence-electron chi connectivity index (χ4n) is 2.13. The van der Waals surface area contributed by atoms with Crippen LogP contribution < -0.4 is 0 Å². The van der Waals surface area contributed by atoms with Gasteiger partial charge < -0.3 is 9.47 Å². The fourth-order valence-corrected chi connectivity index (χ4v) is 2.13. The highest BCUT2D eigenvalue weighted by molar-refractivity contribution is 5.88. The SMILES string of the molecule is C=C(CCc1ccc(CCC(=C)C(=O)OCC)cc1)C(=O)OCC. The van der Waals surface area contributed by atoms with Gasteiger partial charge in [0.15, 0.2) is 0 Å². The van der Waals surface area contributed by atoms with Crippen LogP contribution in [-0.2, 0) is 31.9 Å². The van der Waals surface area contributed by atoms with Gasteiger partial charge in [0.1, 0.15) is 0 Å². The third-order valence-corrected chi connectivity index (χ3v) is 3.58. The average molecular weight is 330 g/mol. The summed E-state index contributed by atoms with van der Waals surface area (Å²) >= 11 is 0. The van der Waals surface area contributed by atoms with Gasteiger partial charge >= 0.3 is 11.9 Å². The minimum atomic E-state index is -0.327. The molecule has 0 aromatic heterocycles. The van der Waals surface area contributed by atoms with Gasteiger partial charge in [-0.25, -0.2) is 9.59 Å². The van der Waals surface area contributed by atoms with Crippen LogP contribution in [0.4, 0.5) is 0 Å². The molecule has 0 aliphatic carbocycles. The van der Waals surface area contributed by atoms with Crippen LogP contribution in [-0.4, -0.2) is 25.2 Å². The van der Waals surface area contributed by atoms with Crippen molar-refractivity contribution in [3.05, 3.63) is 59.7 Å². The van der Waals surface area contributed by atoms with Gasteiger partial charge in [-0.3, -0.25) is 0 Å². The molecule has 1 aromatic rings. The Hall–Kier alpha value is -2.36. The highest BCUT2D eigenvalue weighted by Crippen LogP contribution is 2.14. The molecule has 1 rings (SSSR count). The van der Waals surface area contributed by atoms with E-state index in [9.17, 15) is 9.59 Å². The lowest BCUT2D eigenvalue weighted by atomic mass is 10.0. The van der Waals surface area contributed by atoms with Gasteiger partial charge in [-0.2, -0.15) is 0 Å². The number of hydrogen-bond donors (Lipinski definition) is 0. The van der Waals surface area contributed by atoms with Crippen LogP contribution in [0.1, 0.15) is 37.8 Å². The van der Waals surface area contributed by atoms with Crippen molar-refractivity contribution in [2.75, 3.05) is 13.2 Å². The summed E-state index contributed by atoms with van der Waals surface area (Å²) in [7, 11) is 0. The van der Waals surface area contributed by atoms with Crippen LogP contribution in [0.3, 0.4) is 0 Å². The molecule has 0 radical (unpaired) electrons. The lowest BCUT2D eigenvalue weighted by molar-refractivity contribution is -0.139. The Kier molecular flexibility index (Phi) is 8.55. The molecule has 0 aliphatic rings. The molecule has 4 nitrogen and oxygen atoms in total. The molecule has 0 heterocycles. The number of aryl methyl sites for hydroxylation is 2. The molecule has 0 atom stereocenters. The average Bonchev–Trinajstić information content (AvgIpc) is 2.58. The number of ether oxygens (including phenoxy) is 2. The minimum absolute atomic E-state index is 0.327. The molecule has 4 heteroatoms. The van der Waals surface area contributed by atoms with E-state index < -0.39 is 0 Å². The number of esters is 2. The van der Waals surface area contributed by atoms with E-state index in [4.69, 9.17) is 9.47 Å². The van der Waals surface area contributed by atoms with E-state index in [1.807, 2.05) is 24.3 Å². The molecule has 0 unspecified atom stereocenters. The van der Waals surface area contributed by atoms with Crippen LogP contribution in [0.2, 0.25) is 0 Å². The van der Waals surface area contributed by atoms with Crippen LogP contribution in [0, 0.1) is 0 Å². The Labute approximate surface area is 144 Å². The van der Waals surface area contributed by atoms with Gasteiger partial charge in [0, 0.05) is 11.1 Å². The van der Waals surface area contributed by atoms with Crippen molar-refractivity contribution >= 4 is 11.9 Å². The Bertz CT molecular complexity index is 531. The third kappa shape index (κ3) is 6.82. The second-order valence-electron chi connectivity index (χ2n) is 5.46. The van der Waals surface area contributed by atoms with Crippen molar-refractivity contribution in [2.24, 2.45) is 0 Å². The number of hydrogen-bond acceptors (Lipinski definition) is 4. The molecular weight excluding hydrogens is 304 g/mol. The number of carbonyl (C=O) groups excluding carboxylic acids is 2. The summed E-state index contributed by atoms with van der Waals surface area (Å²) in [5, 5.41) is 0. The maximum absolute atomic E-state index is 11.5. The van der Waals surface area contributed by atoms with Gasteiger partial charge in [0.05, 0.1) is 13.2 Å². The minimum Gasteiger partial charge on any atom is -0.463 e. The first kappa shape index (κ1) is 19.7. The van der Waals surface area contributed by atoms with Gasteiger partial charge in [-0.15, -0.1) is 0 Å². The van der Waals surface area contributed by atoms with Gasteiger partial charge in [0.25, 0.3) is 0 Å². The molecule has 0 spiro atoms. The normalized spacial score (nSPS) is 10.1. The Morgan fingerprint density at radius 2 is 1.12 bits per heavy atom. The summed E-state index contributed by atoms with van der Waals surface area (Å²) in [6.07, 6.45) is 2.65. The maximum atomic E-state index is 11.5. The molecule has 1 aromatic carbocycles. The molecule has 0 N–H and O–H groups in total. The summed E-state index contributed by atoms with van der Waals surface area (Å²) in [6, 6.07) is 8.11. The van der Waals surface area contributed by atoms with Crippen molar-refractivity contribution in [2.45, 2.75) is 39.5 Å². The number of rotatable bonds is 10. The van der Waals surface area contributed by atoms with E-state index in [-0.39, 0.29) is 11.9 Å². The lowest BCUT2D eigenvalue weighted by Crippen LogP contribution is -2.07. The lowest BCUT2D eigenvalue weighted by Gasteiger charge is -2.07. The topological polar surface area (TPSA) is 52.6 Å². The van der Waals surface area contributed by atoms with E-state index in [1.54, 1.807) is 13.8 Å². The highest BCUT2D eigenvalue weighted by atomic mass is 16.5. The van der Waals surface area contributed by atoms with Crippen molar-refractivity contribution in [1.82, 2.24) is 0 Å². The smallest absolute Gasteiger partial charge is 0.333 e. The summed E-state index contributed by atoms with van der Waals surface area (Å²) in [5.41, 5.74) is 3.25. The molecule has 130 valence electrons. The van der Waals surface area contributed by atoms with E-state index in [0.29, 0.717) is 37.2 Å².